The molecule has 0 spiro atoms. The molecule has 146 valence electrons. The lowest BCUT2D eigenvalue weighted by Gasteiger charge is -2.46. The normalized spacial score (nSPS) is 22.5. The lowest BCUT2D eigenvalue weighted by molar-refractivity contribution is -0.207. The summed E-state index contributed by atoms with van der Waals surface area (Å²) >= 11 is 0. The Morgan fingerprint density at radius 2 is 1.82 bits per heavy atom. The second kappa shape index (κ2) is 6.44. The van der Waals surface area contributed by atoms with E-state index in [1.165, 1.54) is 26.0 Å². The number of hydrogen-bond donors (Lipinski definition) is 2. The number of amidine groups is 1. The van der Waals surface area contributed by atoms with Gasteiger partial charge in [-0.15, -0.1) is 0 Å². The van der Waals surface area contributed by atoms with Gasteiger partial charge in [-0.2, -0.15) is 14.0 Å². The highest BCUT2D eigenvalue weighted by atomic mass is 19.3. The number of aliphatic imine (C=N–C) groups is 1. The predicted octanol–water partition coefficient (Wildman–Crippen LogP) is 4.41. The Bertz CT molecular complexity index is 997. The first-order valence-electron chi connectivity index (χ1n) is 8.50. The molecule has 8 heteroatoms. The summed E-state index contributed by atoms with van der Waals surface area (Å²) < 4.78 is 50.1. The fourth-order valence-electron chi connectivity index (χ4n) is 3.28. The molecular weight excluding hydrogens is 369 g/mol. The highest BCUT2D eigenvalue weighted by Gasteiger charge is 2.66. The third kappa shape index (κ3) is 2.93. The minimum Gasteiger partial charge on any atom is -0.453 e. The van der Waals surface area contributed by atoms with Gasteiger partial charge in [-0.25, -0.2) is 9.38 Å². The van der Waals surface area contributed by atoms with Crippen LogP contribution < -0.4 is 11.1 Å². The van der Waals surface area contributed by atoms with Crippen molar-refractivity contribution in [2.45, 2.75) is 37.8 Å². The average Bonchev–Trinajstić information content (AvgIpc) is 2.61. The van der Waals surface area contributed by atoms with Crippen molar-refractivity contribution in [3.63, 3.8) is 0 Å². The van der Waals surface area contributed by atoms with Crippen LogP contribution in [0.25, 0.3) is 0 Å². The number of hydrogen-bond acceptors (Lipinski definition) is 5. The van der Waals surface area contributed by atoms with Crippen molar-refractivity contribution in [1.29, 1.82) is 5.26 Å². The van der Waals surface area contributed by atoms with Crippen molar-refractivity contribution in [1.82, 2.24) is 0 Å². The first-order chi connectivity index (χ1) is 13.0. The Balaban J connectivity index is 2.12. The van der Waals surface area contributed by atoms with E-state index in [4.69, 9.17) is 10.5 Å². The summed E-state index contributed by atoms with van der Waals surface area (Å²) in [5, 5.41) is 12.2. The zero-order valence-electron chi connectivity index (χ0n) is 15.6. The van der Waals surface area contributed by atoms with Crippen LogP contribution >= 0.6 is 0 Å². The largest absolute Gasteiger partial charge is 0.453 e. The van der Waals surface area contributed by atoms with Gasteiger partial charge in [0.1, 0.15) is 11.9 Å². The van der Waals surface area contributed by atoms with E-state index in [-0.39, 0.29) is 5.56 Å². The zero-order valence-corrected chi connectivity index (χ0v) is 15.6. The van der Waals surface area contributed by atoms with Crippen molar-refractivity contribution >= 4 is 17.4 Å². The molecule has 3 N–H and O–H groups in total. The molecule has 0 amide bonds. The molecule has 0 aromatic heterocycles. The van der Waals surface area contributed by atoms with Gasteiger partial charge in [-0.3, -0.25) is 0 Å². The van der Waals surface area contributed by atoms with Crippen LogP contribution in [-0.2, 0) is 10.3 Å². The molecular formula is C20H19F3N4O. The second-order valence-corrected chi connectivity index (χ2v) is 7.19. The third-order valence-corrected chi connectivity index (χ3v) is 4.88. The maximum atomic E-state index is 15.2. The number of alkyl halides is 2. The number of nitrogens with one attached hydrogen (secondary N) is 1. The molecule has 2 aromatic carbocycles. The molecule has 1 heterocycles. The van der Waals surface area contributed by atoms with Crippen LogP contribution in [0, 0.1) is 17.1 Å². The Kier molecular flexibility index (Phi) is 4.50. The molecule has 0 aliphatic carbocycles. The van der Waals surface area contributed by atoms with Gasteiger partial charge in [0.25, 0.3) is 6.02 Å². The molecule has 3 rings (SSSR count). The van der Waals surface area contributed by atoms with Gasteiger partial charge in [0.05, 0.1) is 11.3 Å². The Morgan fingerprint density at radius 3 is 2.50 bits per heavy atom. The topological polar surface area (TPSA) is 83.4 Å². The number of nitrogens with two attached hydrogens (primary N) is 1. The molecule has 1 aliphatic heterocycles. The van der Waals surface area contributed by atoms with Crippen LogP contribution in [0.5, 0.6) is 0 Å². The van der Waals surface area contributed by atoms with Crippen LogP contribution in [0.2, 0.25) is 0 Å². The number of anilines is 2. The molecule has 0 saturated carbocycles. The molecule has 1 aliphatic rings. The summed E-state index contributed by atoms with van der Waals surface area (Å²) in [7, 11) is 0. The maximum absolute atomic E-state index is 15.2. The van der Waals surface area contributed by atoms with Gasteiger partial charge in [-0.1, -0.05) is 12.1 Å². The summed E-state index contributed by atoms with van der Waals surface area (Å²) in [5.74, 6) is -4.41. The van der Waals surface area contributed by atoms with Crippen LogP contribution in [-0.4, -0.2) is 17.5 Å². The predicted molar refractivity (Wildman–Crippen MR) is 99.9 cm³/mol. The van der Waals surface area contributed by atoms with Crippen molar-refractivity contribution < 1.29 is 17.9 Å². The first kappa shape index (κ1) is 19.5. The van der Waals surface area contributed by atoms with Crippen LogP contribution in [0.15, 0.2) is 47.5 Å². The number of benzene rings is 2. The van der Waals surface area contributed by atoms with Crippen LogP contribution in [0.1, 0.15) is 31.9 Å². The fourth-order valence-corrected chi connectivity index (χ4v) is 3.28. The van der Waals surface area contributed by atoms with Crippen LogP contribution in [0.4, 0.5) is 24.5 Å². The lowest BCUT2D eigenvalue weighted by Crippen LogP contribution is -2.62. The van der Waals surface area contributed by atoms with E-state index in [1.807, 2.05) is 6.07 Å². The van der Waals surface area contributed by atoms with Crippen molar-refractivity contribution in [2.75, 3.05) is 5.32 Å². The number of rotatable bonds is 3. The van der Waals surface area contributed by atoms with Crippen molar-refractivity contribution in [3.8, 4) is 6.07 Å². The standard InChI is InChI=1S/C20H19F3N4O/c1-18(2)20(22,23)19(3,27-17(25)28-18)14-10-13(8-9-15(14)21)26-16-7-5-4-6-12(16)11-24/h4-10,26H,1-3H3,(H2,25,27)/t19-/m1/s1. The van der Waals surface area contributed by atoms with E-state index in [1.54, 1.807) is 24.3 Å². The molecule has 28 heavy (non-hydrogen) atoms. The molecule has 0 bridgehead atoms. The van der Waals surface area contributed by atoms with E-state index >= 15 is 8.78 Å². The number of nitrogens with zero attached hydrogens (tertiary/aromatic N) is 2. The molecule has 0 saturated heterocycles. The number of ether oxygens (including phenoxy) is 1. The summed E-state index contributed by atoms with van der Waals surface area (Å²) in [5.41, 5.74) is 2.16. The van der Waals surface area contributed by atoms with Gasteiger partial charge in [0, 0.05) is 11.3 Å². The first-order valence-corrected chi connectivity index (χ1v) is 8.50. The fraction of sp³-hybridized carbons (Fsp3) is 0.300. The van der Waals surface area contributed by atoms with Crippen LogP contribution in [0.3, 0.4) is 0 Å². The van der Waals surface area contributed by atoms with E-state index < -0.39 is 28.9 Å². The molecule has 0 radical (unpaired) electrons. The van der Waals surface area contributed by atoms with E-state index in [2.05, 4.69) is 10.3 Å². The van der Waals surface area contributed by atoms with Crippen molar-refractivity contribution in [2.24, 2.45) is 10.7 Å². The van der Waals surface area contributed by atoms with E-state index in [9.17, 15) is 9.65 Å². The maximum Gasteiger partial charge on any atom is 0.315 e. The third-order valence-electron chi connectivity index (χ3n) is 4.88. The SMILES string of the molecule is CC1(C)OC(N)=N[C@](C)(c2cc(Nc3ccccc3C#N)ccc2F)C1(F)F. The number of para-hydroxylation sites is 1. The highest BCUT2D eigenvalue weighted by molar-refractivity contribution is 5.74. The summed E-state index contributed by atoms with van der Waals surface area (Å²) in [4.78, 5) is 3.78. The lowest BCUT2D eigenvalue weighted by atomic mass is 9.77. The van der Waals surface area contributed by atoms with E-state index in [0.717, 1.165) is 13.0 Å². The number of halogens is 3. The van der Waals surface area contributed by atoms with Crippen molar-refractivity contribution in [3.05, 3.63) is 59.4 Å². The molecule has 5 nitrogen and oxygen atoms in total. The molecule has 2 aromatic rings. The molecule has 0 fully saturated rings. The summed E-state index contributed by atoms with van der Waals surface area (Å²) in [6.07, 6.45) is 0. The zero-order chi connectivity index (χ0) is 20.7. The van der Waals surface area contributed by atoms with Gasteiger partial charge >= 0.3 is 5.92 Å². The Morgan fingerprint density at radius 1 is 1.14 bits per heavy atom. The summed E-state index contributed by atoms with van der Waals surface area (Å²) in [6.45, 7) is 3.47. The number of nitriles is 1. The van der Waals surface area contributed by atoms with Gasteiger partial charge in [-0.05, 0) is 51.1 Å². The quantitative estimate of drug-likeness (QED) is 0.816. The molecule has 1 atom stereocenters. The Labute approximate surface area is 160 Å². The van der Waals surface area contributed by atoms with Gasteiger partial charge in [0.2, 0.25) is 0 Å². The average molecular weight is 388 g/mol. The minimum atomic E-state index is -3.56. The Hall–Kier alpha value is -3.21. The smallest absolute Gasteiger partial charge is 0.315 e. The highest BCUT2D eigenvalue weighted by Crippen LogP contribution is 2.52. The monoisotopic (exact) mass is 388 g/mol. The van der Waals surface area contributed by atoms with Gasteiger partial charge < -0.3 is 15.8 Å². The second-order valence-electron chi connectivity index (χ2n) is 7.19. The summed E-state index contributed by atoms with van der Waals surface area (Å²) in [6, 6.07) is 12.0. The van der Waals surface area contributed by atoms with E-state index in [0.29, 0.717) is 16.9 Å². The molecule has 0 unspecified atom stereocenters. The minimum absolute atomic E-state index is 0.328. The van der Waals surface area contributed by atoms with Gasteiger partial charge in [0.15, 0.2) is 11.1 Å².